The number of benzene rings is 2. The third-order valence-electron chi connectivity index (χ3n) is 4.87. The first-order chi connectivity index (χ1) is 14.9. The number of carbonyl (C=O) groups excluding carboxylic acids is 1. The second kappa shape index (κ2) is 10.8. The Balaban J connectivity index is 1.85. The number of amides is 1. The number of methoxy groups -OCH3 is 1. The molecule has 6 nitrogen and oxygen atoms in total. The Kier molecular flexibility index (Phi) is 8.12. The lowest BCUT2D eigenvalue weighted by Gasteiger charge is -2.27. The van der Waals surface area contributed by atoms with Gasteiger partial charge in [0.05, 0.1) is 29.8 Å². The van der Waals surface area contributed by atoms with E-state index in [4.69, 9.17) is 16.3 Å². The fraction of sp³-hybridized carbons (Fsp3) is 0.348. The number of carbonyl (C=O) groups is 1. The van der Waals surface area contributed by atoms with Gasteiger partial charge in [0, 0.05) is 24.7 Å². The van der Waals surface area contributed by atoms with Crippen molar-refractivity contribution in [3.05, 3.63) is 69.5 Å². The van der Waals surface area contributed by atoms with Crippen molar-refractivity contribution < 1.29 is 9.53 Å². The van der Waals surface area contributed by atoms with Gasteiger partial charge >= 0.3 is 0 Å². The molecule has 8 heteroatoms. The largest absolute Gasteiger partial charge is 0.383 e. The van der Waals surface area contributed by atoms with Gasteiger partial charge in [-0.25, -0.2) is 4.98 Å². The van der Waals surface area contributed by atoms with Crippen LogP contribution in [0.1, 0.15) is 19.4 Å². The normalized spacial score (nSPS) is 11.3. The summed E-state index contributed by atoms with van der Waals surface area (Å²) >= 11 is 7.35. The minimum atomic E-state index is -0.168. The van der Waals surface area contributed by atoms with Crippen LogP contribution in [0, 0.1) is 0 Å². The summed E-state index contributed by atoms with van der Waals surface area (Å²) in [6.45, 7) is 5.26. The van der Waals surface area contributed by atoms with Gasteiger partial charge in [-0.15, -0.1) is 0 Å². The molecule has 1 aromatic heterocycles. The predicted octanol–water partition coefficient (Wildman–Crippen LogP) is 4.23. The van der Waals surface area contributed by atoms with Crippen LogP contribution in [0.2, 0.25) is 5.02 Å². The number of hydrogen-bond donors (Lipinski definition) is 0. The summed E-state index contributed by atoms with van der Waals surface area (Å²) in [5, 5.41) is 1.48. The summed E-state index contributed by atoms with van der Waals surface area (Å²) in [6.07, 6.45) is 0. The second-order valence-corrected chi connectivity index (χ2v) is 8.77. The van der Waals surface area contributed by atoms with Crippen LogP contribution in [0.5, 0.6) is 0 Å². The van der Waals surface area contributed by atoms with E-state index in [1.54, 1.807) is 29.9 Å². The van der Waals surface area contributed by atoms with E-state index in [0.717, 1.165) is 5.56 Å². The molecule has 164 valence electrons. The Bertz CT molecular complexity index is 1100. The maximum atomic E-state index is 13.0. The van der Waals surface area contributed by atoms with Crippen LogP contribution in [-0.2, 0) is 22.6 Å². The molecule has 0 unspecified atom stereocenters. The summed E-state index contributed by atoms with van der Waals surface area (Å²) < 4.78 is 6.72. The van der Waals surface area contributed by atoms with Gasteiger partial charge in [0.2, 0.25) is 5.91 Å². The number of fused-ring (bicyclic) bond motifs is 1. The Labute approximate surface area is 191 Å². The number of aromatic nitrogens is 2. The van der Waals surface area contributed by atoms with Gasteiger partial charge in [-0.1, -0.05) is 53.7 Å². The van der Waals surface area contributed by atoms with Crippen LogP contribution in [0.3, 0.4) is 0 Å². The number of thioether (sulfide) groups is 1. The van der Waals surface area contributed by atoms with E-state index in [1.807, 2.05) is 49.1 Å². The lowest BCUT2D eigenvalue weighted by molar-refractivity contribution is -0.130. The molecule has 0 N–H and O–H groups in total. The van der Waals surface area contributed by atoms with Crippen molar-refractivity contribution >= 4 is 40.2 Å². The Hall–Kier alpha value is -2.35. The van der Waals surface area contributed by atoms with Gasteiger partial charge in [0.25, 0.3) is 5.56 Å². The maximum Gasteiger partial charge on any atom is 0.262 e. The summed E-state index contributed by atoms with van der Waals surface area (Å²) in [5.74, 6) is 0.166. The molecule has 3 rings (SSSR count). The summed E-state index contributed by atoms with van der Waals surface area (Å²) in [6, 6.07) is 15.0. The van der Waals surface area contributed by atoms with Crippen LogP contribution in [0.25, 0.3) is 10.9 Å². The lowest BCUT2D eigenvalue weighted by Crippen LogP contribution is -2.37. The van der Waals surface area contributed by atoms with Crippen molar-refractivity contribution in [1.82, 2.24) is 14.5 Å². The fourth-order valence-electron chi connectivity index (χ4n) is 3.21. The molecule has 31 heavy (non-hydrogen) atoms. The number of nitrogens with zero attached hydrogens (tertiary/aromatic N) is 3. The van der Waals surface area contributed by atoms with Crippen LogP contribution in [-0.4, -0.2) is 45.9 Å². The quantitative estimate of drug-likeness (QED) is 0.354. The molecule has 2 aromatic carbocycles. The smallest absolute Gasteiger partial charge is 0.262 e. The van der Waals surface area contributed by atoms with Crippen LogP contribution in [0.4, 0.5) is 0 Å². The molecule has 0 spiro atoms. The van der Waals surface area contributed by atoms with Gasteiger partial charge in [-0.3, -0.25) is 14.2 Å². The Morgan fingerprint density at radius 2 is 1.97 bits per heavy atom. The standard InChI is InChI=1S/C23H26ClN3O3S/c1-16(2)27(14-17-7-5-4-6-8-17)21(28)15-31-23-25-20-13-18(24)9-10-19(20)22(29)26(23)11-12-30-3/h4-10,13,16H,11-12,14-15H2,1-3H3. The number of ether oxygens (including phenoxy) is 1. The molecule has 0 saturated heterocycles. The topological polar surface area (TPSA) is 64.4 Å². The summed E-state index contributed by atoms with van der Waals surface area (Å²) in [5.41, 5.74) is 1.43. The highest BCUT2D eigenvalue weighted by molar-refractivity contribution is 7.99. The molecule has 0 bridgehead atoms. The Morgan fingerprint density at radius 1 is 1.23 bits per heavy atom. The van der Waals surface area contributed by atoms with E-state index in [1.165, 1.54) is 11.8 Å². The number of rotatable bonds is 9. The first-order valence-corrected chi connectivity index (χ1v) is 11.4. The van der Waals surface area contributed by atoms with E-state index in [9.17, 15) is 9.59 Å². The Morgan fingerprint density at radius 3 is 2.65 bits per heavy atom. The second-order valence-electron chi connectivity index (χ2n) is 7.40. The molecule has 0 saturated carbocycles. The highest BCUT2D eigenvalue weighted by Crippen LogP contribution is 2.21. The van der Waals surface area contributed by atoms with Gasteiger partial charge in [0.1, 0.15) is 0 Å². The highest BCUT2D eigenvalue weighted by Gasteiger charge is 2.19. The molecule has 0 aliphatic heterocycles. The van der Waals surface area contributed by atoms with Gasteiger partial charge in [-0.2, -0.15) is 0 Å². The predicted molar refractivity (Wildman–Crippen MR) is 126 cm³/mol. The molecular weight excluding hydrogens is 434 g/mol. The minimum absolute atomic E-state index is 0.0115. The van der Waals surface area contributed by atoms with Crippen molar-refractivity contribution in [2.45, 2.75) is 38.1 Å². The molecule has 0 atom stereocenters. The van der Waals surface area contributed by atoms with E-state index in [0.29, 0.717) is 40.8 Å². The zero-order valence-electron chi connectivity index (χ0n) is 17.9. The van der Waals surface area contributed by atoms with Gasteiger partial charge < -0.3 is 9.64 Å². The average Bonchev–Trinajstić information content (AvgIpc) is 2.75. The van der Waals surface area contributed by atoms with Crippen LogP contribution < -0.4 is 5.56 Å². The molecule has 3 aromatic rings. The first-order valence-electron chi connectivity index (χ1n) is 10.1. The third kappa shape index (κ3) is 5.87. The third-order valence-corrected chi connectivity index (χ3v) is 6.06. The van der Waals surface area contributed by atoms with Crippen LogP contribution in [0.15, 0.2) is 58.5 Å². The lowest BCUT2D eigenvalue weighted by atomic mass is 10.2. The van der Waals surface area contributed by atoms with Crippen LogP contribution >= 0.6 is 23.4 Å². The molecular formula is C23H26ClN3O3S. The monoisotopic (exact) mass is 459 g/mol. The fourth-order valence-corrected chi connectivity index (χ4v) is 4.29. The van der Waals surface area contributed by atoms with E-state index in [-0.39, 0.29) is 23.3 Å². The van der Waals surface area contributed by atoms with Crippen molar-refractivity contribution in [3.63, 3.8) is 0 Å². The molecule has 0 fully saturated rings. The van der Waals surface area contributed by atoms with Crippen molar-refractivity contribution in [1.29, 1.82) is 0 Å². The van der Waals surface area contributed by atoms with E-state index < -0.39 is 0 Å². The van der Waals surface area contributed by atoms with Gasteiger partial charge in [0.15, 0.2) is 5.16 Å². The van der Waals surface area contributed by atoms with E-state index >= 15 is 0 Å². The molecule has 0 aliphatic carbocycles. The number of hydrogen-bond acceptors (Lipinski definition) is 5. The molecule has 0 aliphatic rings. The zero-order valence-corrected chi connectivity index (χ0v) is 19.4. The highest BCUT2D eigenvalue weighted by atomic mass is 35.5. The zero-order chi connectivity index (χ0) is 22.4. The molecule has 1 amide bonds. The number of halogens is 1. The average molecular weight is 460 g/mol. The van der Waals surface area contributed by atoms with Crippen molar-refractivity contribution in [2.75, 3.05) is 19.5 Å². The maximum absolute atomic E-state index is 13.0. The molecule has 0 radical (unpaired) electrons. The minimum Gasteiger partial charge on any atom is -0.383 e. The van der Waals surface area contributed by atoms with Crippen molar-refractivity contribution in [2.24, 2.45) is 0 Å². The molecule has 1 heterocycles. The van der Waals surface area contributed by atoms with Gasteiger partial charge in [-0.05, 0) is 37.6 Å². The van der Waals surface area contributed by atoms with Crippen molar-refractivity contribution in [3.8, 4) is 0 Å². The van der Waals surface area contributed by atoms with E-state index in [2.05, 4.69) is 4.98 Å². The summed E-state index contributed by atoms with van der Waals surface area (Å²) in [7, 11) is 1.58. The summed E-state index contributed by atoms with van der Waals surface area (Å²) in [4.78, 5) is 32.5. The first kappa shape index (κ1) is 23.3. The SMILES string of the molecule is COCCn1c(SCC(=O)N(Cc2ccccc2)C(C)C)nc2cc(Cl)ccc2c1=O.